The highest BCUT2D eigenvalue weighted by Gasteiger charge is 2.21. The molecule has 0 fully saturated rings. The lowest BCUT2D eigenvalue weighted by Gasteiger charge is -2.21. The van der Waals surface area contributed by atoms with Gasteiger partial charge < -0.3 is 5.32 Å². The number of hydrogen-bond acceptors (Lipinski definition) is 3. The third-order valence-electron chi connectivity index (χ3n) is 4.28. The van der Waals surface area contributed by atoms with Gasteiger partial charge in [0.1, 0.15) is 0 Å². The smallest absolute Gasteiger partial charge is 0.214 e. The van der Waals surface area contributed by atoms with Crippen molar-refractivity contribution in [2.75, 3.05) is 18.4 Å². The number of nitrogens with one attached hydrogen (secondary N) is 1. The molecule has 2 aromatic rings. The van der Waals surface area contributed by atoms with Crippen molar-refractivity contribution in [3.8, 4) is 0 Å². The van der Waals surface area contributed by atoms with Crippen LogP contribution in [0.3, 0.4) is 0 Å². The van der Waals surface area contributed by atoms with E-state index in [9.17, 15) is 10.1 Å². The second-order valence-corrected chi connectivity index (χ2v) is 5.93. The first-order valence-corrected chi connectivity index (χ1v) is 7.68. The van der Waals surface area contributed by atoms with E-state index < -0.39 is 0 Å². The second-order valence-electron chi connectivity index (χ2n) is 5.93. The van der Waals surface area contributed by atoms with Gasteiger partial charge in [0.15, 0.2) is 0 Å². The summed E-state index contributed by atoms with van der Waals surface area (Å²) in [6.07, 6.45) is 2.15. The molecule has 1 aliphatic heterocycles. The van der Waals surface area contributed by atoms with Crippen LogP contribution in [0.2, 0.25) is 0 Å². The molecule has 1 heterocycles. The van der Waals surface area contributed by atoms with E-state index in [1.165, 1.54) is 16.8 Å². The van der Waals surface area contributed by atoms with Gasteiger partial charge in [0.25, 0.3) is 0 Å². The first-order chi connectivity index (χ1) is 10.6. The van der Waals surface area contributed by atoms with Crippen molar-refractivity contribution in [2.45, 2.75) is 25.7 Å². The predicted molar refractivity (Wildman–Crippen MR) is 88.1 cm³/mol. The van der Waals surface area contributed by atoms with Crippen molar-refractivity contribution >= 4 is 5.69 Å². The molecule has 0 amide bonds. The lowest BCUT2D eigenvalue weighted by atomic mass is 9.88. The van der Waals surface area contributed by atoms with Gasteiger partial charge in [-0.05, 0) is 42.5 Å². The summed E-state index contributed by atoms with van der Waals surface area (Å²) in [6.45, 7) is 2.95. The van der Waals surface area contributed by atoms with E-state index in [4.69, 9.17) is 0 Å². The fourth-order valence-electron chi connectivity index (χ4n) is 3.06. The van der Waals surface area contributed by atoms with Crippen LogP contribution in [0, 0.1) is 17.0 Å². The first-order valence-electron chi connectivity index (χ1n) is 7.68. The van der Waals surface area contributed by atoms with Crippen molar-refractivity contribution in [3.05, 3.63) is 74.8 Å². The molecule has 0 radical (unpaired) electrons. The van der Waals surface area contributed by atoms with E-state index in [0.29, 0.717) is 0 Å². The average molecular weight is 296 g/mol. The molecular weight excluding hydrogens is 276 g/mol. The topological polar surface area (TPSA) is 55.2 Å². The van der Waals surface area contributed by atoms with Gasteiger partial charge in [0.2, 0.25) is 6.54 Å². The zero-order valence-electron chi connectivity index (χ0n) is 12.7. The van der Waals surface area contributed by atoms with Crippen LogP contribution in [0.25, 0.3) is 0 Å². The minimum absolute atomic E-state index is 0.0741. The van der Waals surface area contributed by atoms with E-state index in [-0.39, 0.29) is 17.4 Å². The van der Waals surface area contributed by atoms with Crippen molar-refractivity contribution in [2.24, 2.45) is 0 Å². The molecule has 0 aromatic heterocycles. The highest BCUT2D eigenvalue weighted by atomic mass is 16.6. The number of benzene rings is 2. The summed E-state index contributed by atoms with van der Waals surface area (Å²) < 4.78 is 0. The quantitative estimate of drug-likeness (QED) is 0.690. The normalized spacial score (nSPS) is 14.8. The fraction of sp³-hybridized carbons (Fsp3) is 0.333. The number of anilines is 1. The van der Waals surface area contributed by atoms with Gasteiger partial charge in [-0.1, -0.05) is 42.0 Å². The monoisotopic (exact) mass is 296 g/mol. The SMILES string of the molecule is Cc1ccc([C@H](C[N+](=O)[O-])c2ccc3c(c2)CCCN3)cc1. The van der Waals surface area contributed by atoms with Crippen LogP contribution >= 0.6 is 0 Å². The Kier molecular flexibility index (Phi) is 4.09. The van der Waals surface area contributed by atoms with Crippen LogP contribution in [0.5, 0.6) is 0 Å². The van der Waals surface area contributed by atoms with Crippen LogP contribution in [-0.4, -0.2) is 18.0 Å². The molecule has 114 valence electrons. The van der Waals surface area contributed by atoms with Crippen LogP contribution in [0.4, 0.5) is 5.69 Å². The van der Waals surface area contributed by atoms with Gasteiger partial charge in [-0.25, -0.2) is 0 Å². The minimum Gasteiger partial charge on any atom is -0.385 e. The number of nitro groups is 1. The predicted octanol–water partition coefficient (Wildman–Crippen LogP) is 3.76. The van der Waals surface area contributed by atoms with Crippen molar-refractivity contribution in [1.82, 2.24) is 0 Å². The third-order valence-corrected chi connectivity index (χ3v) is 4.28. The molecule has 0 unspecified atom stereocenters. The molecular formula is C18H20N2O2. The van der Waals surface area contributed by atoms with Gasteiger partial charge in [0, 0.05) is 17.2 Å². The first kappa shape index (κ1) is 14.6. The van der Waals surface area contributed by atoms with Crippen LogP contribution in [0.15, 0.2) is 42.5 Å². The van der Waals surface area contributed by atoms with Crippen molar-refractivity contribution in [1.29, 1.82) is 0 Å². The summed E-state index contributed by atoms with van der Waals surface area (Å²) >= 11 is 0. The Hall–Kier alpha value is -2.36. The van der Waals surface area contributed by atoms with Crippen molar-refractivity contribution in [3.63, 3.8) is 0 Å². The van der Waals surface area contributed by atoms with E-state index in [0.717, 1.165) is 30.5 Å². The largest absolute Gasteiger partial charge is 0.385 e. The second kappa shape index (κ2) is 6.18. The molecule has 0 saturated carbocycles. The Morgan fingerprint density at radius 3 is 2.64 bits per heavy atom. The maximum absolute atomic E-state index is 11.1. The molecule has 0 saturated heterocycles. The maximum Gasteiger partial charge on any atom is 0.214 e. The van der Waals surface area contributed by atoms with Crippen molar-refractivity contribution < 1.29 is 4.92 Å². The van der Waals surface area contributed by atoms with Crippen LogP contribution < -0.4 is 5.32 Å². The third kappa shape index (κ3) is 3.11. The molecule has 0 aliphatic carbocycles. The Bertz CT molecular complexity index is 680. The van der Waals surface area contributed by atoms with Gasteiger partial charge in [-0.15, -0.1) is 0 Å². The van der Waals surface area contributed by atoms with Gasteiger partial charge in [-0.3, -0.25) is 10.1 Å². The number of hydrogen-bond donors (Lipinski definition) is 1. The zero-order valence-corrected chi connectivity index (χ0v) is 12.7. The van der Waals surface area contributed by atoms with E-state index >= 15 is 0 Å². The Morgan fingerprint density at radius 2 is 1.91 bits per heavy atom. The molecule has 1 atom stereocenters. The number of fused-ring (bicyclic) bond motifs is 1. The molecule has 1 aliphatic rings. The molecule has 4 heteroatoms. The van der Waals surface area contributed by atoms with E-state index in [1.54, 1.807) is 0 Å². The number of nitrogens with zero attached hydrogens (tertiary/aromatic N) is 1. The van der Waals surface area contributed by atoms with Gasteiger partial charge >= 0.3 is 0 Å². The van der Waals surface area contributed by atoms with Crippen LogP contribution in [0.1, 0.15) is 34.6 Å². The summed E-state index contributed by atoms with van der Waals surface area (Å²) in [5.41, 5.74) is 5.63. The number of aryl methyl sites for hydroxylation is 2. The summed E-state index contributed by atoms with van der Waals surface area (Å²) in [6, 6.07) is 14.2. The molecule has 0 bridgehead atoms. The molecule has 0 spiro atoms. The highest BCUT2D eigenvalue weighted by molar-refractivity contribution is 5.55. The minimum atomic E-state index is -0.220. The fourth-order valence-corrected chi connectivity index (χ4v) is 3.06. The Morgan fingerprint density at radius 1 is 1.18 bits per heavy atom. The Labute approximate surface area is 130 Å². The molecule has 1 N–H and O–H groups in total. The lowest BCUT2D eigenvalue weighted by molar-refractivity contribution is -0.481. The number of rotatable bonds is 4. The summed E-state index contributed by atoms with van der Waals surface area (Å²) in [7, 11) is 0. The molecule has 4 nitrogen and oxygen atoms in total. The van der Waals surface area contributed by atoms with Gasteiger partial charge in [-0.2, -0.15) is 0 Å². The summed E-state index contributed by atoms with van der Waals surface area (Å²) in [4.78, 5) is 10.9. The standard InChI is InChI=1S/C18H20N2O2/c1-13-4-6-14(7-5-13)17(12-20(21)22)15-8-9-18-16(11-15)3-2-10-19-18/h4-9,11,17,19H,2-3,10,12H2,1H3/t17-/m0/s1. The van der Waals surface area contributed by atoms with E-state index in [1.807, 2.05) is 37.3 Å². The summed E-state index contributed by atoms with van der Waals surface area (Å²) in [5, 5.41) is 14.5. The highest BCUT2D eigenvalue weighted by Crippen LogP contribution is 2.30. The summed E-state index contributed by atoms with van der Waals surface area (Å²) in [5.74, 6) is -0.192. The van der Waals surface area contributed by atoms with Gasteiger partial charge in [0.05, 0.1) is 5.92 Å². The molecule has 2 aromatic carbocycles. The average Bonchev–Trinajstić information content (AvgIpc) is 2.53. The zero-order chi connectivity index (χ0) is 15.5. The lowest BCUT2D eigenvalue weighted by Crippen LogP contribution is -2.16. The van der Waals surface area contributed by atoms with E-state index in [2.05, 4.69) is 17.4 Å². The Balaban J connectivity index is 1.98. The van der Waals surface area contributed by atoms with Crippen LogP contribution in [-0.2, 0) is 6.42 Å². The maximum atomic E-state index is 11.1. The molecule has 3 rings (SSSR count). The molecule has 22 heavy (non-hydrogen) atoms.